The normalized spacial score (nSPS) is 26.1. The topological polar surface area (TPSA) is 69.6 Å². The molecule has 1 aliphatic rings. The van der Waals surface area contributed by atoms with Gasteiger partial charge in [-0.3, -0.25) is 14.5 Å². The van der Waals surface area contributed by atoms with Crippen LogP contribution in [-0.4, -0.2) is 47.1 Å². The Morgan fingerprint density at radius 1 is 1.33 bits per heavy atom. The van der Waals surface area contributed by atoms with Crippen LogP contribution < -0.4 is 5.32 Å². The second-order valence-electron chi connectivity index (χ2n) is 6.39. The van der Waals surface area contributed by atoms with Gasteiger partial charge in [-0.25, -0.2) is 0 Å². The van der Waals surface area contributed by atoms with E-state index < -0.39 is 11.4 Å². The van der Waals surface area contributed by atoms with Gasteiger partial charge in [0.15, 0.2) is 0 Å². The first-order valence-electron chi connectivity index (χ1n) is 8.14. The molecule has 3 atom stereocenters. The van der Waals surface area contributed by atoms with Crippen LogP contribution in [0.15, 0.2) is 0 Å². The summed E-state index contributed by atoms with van der Waals surface area (Å²) in [6.07, 6.45) is 4.15. The van der Waals surface area contributed by atoms with Gasteiger partial charge in [-0.1, -0.05) is 20.3 Å². The average molecular weight is 298 g/mol. The minimum absolute atomic E-state index is 0.00763. The van der Waals surface area contributed by atoms with Gasteiger partial charge in [-0.2, -0.15) is 0 Å². The van der Waals surface area contributed by atoms with Crippen molar-refractivity contribution < 1.29 is 14.7 Å². The lowest BCUT2D eigenvalue weighted by molar-refractivity contribution is -0.154. The molecule has 0 aromatic carbocycles. The fourth-order valence-electron chi connectivity index (χ4n) is 3.15. The van der Waals surface area contributed by atoms with Gasteiger partial charge in [0.1, 0.15) is 0 Å². The number of hydrogen-bond acceptors (Lipinski definition) is 3. The summed E-state index contributed by atoms with van der Waals surface area (Å²) in [6, 6.07) is -0.0972. The summed E-state index contributed by atoms with van der Waals surface area (Å²) < 4.78 is 0. The molecule has 1 fully saturated rings. The number of aliphatic carboxylic acids is 1. The van der Waals surface area contributed by atoms with Crippen molar-refractivity contribution >= 4 is 11.9 Å². The highest BCUT2D eigenvalue weighted by Crippen LogP contribution is 2.34. The van der Waals surface area contributed by atoms with Crippen LogP contribution in [0.2, 0.25) is 0 Å². The van der Waals surface area contributed by atoms with Crippen molar-refractivity contribution in [3.8, 4) is 0 Å². The van der Waals surface area contributed by atoms with Crippen LogP contribution in [0.25, 0.3) is 0 Å². The first-order chi connectivity index (χ1) is 9.86. The molecule has 3 unspecified atom stereocenters. The lowest BCUT2D eigenvalue weighted by Gasteiger charge is -2.41. The Kier molecular flexibility index (Phi) is 6.65. The number of carboxylic acids is 1. The predicted molar refractivity (Wildman–Crippen MR) is 83.1 cm³/mol. The number of nitrogens with one attached hydrogen (secondary N) is 1. The fourth-order valence-corrected chi connectivity index (χ4v) is 3.15. The van der Waals surface area contributed by atoms with Crippen molar-refractivity contribution in [1.82, 2.24) is 10.2 Å². The summed E-state index contributed by atoms with van der Waals surface area (Å²) in [5.41, 5.74) is -0.693. The number of hydrogen-bond donors (Lipinski definition) is 2. The molecule has 0 aromatic heterocycles. The van der Waals surface area contributed by atoms with Crippen molar-refractivity contribution in [2.24, 2.45) is 5.41 Å². The molecular formula is C16H30N2O3. The van der Waals surface area contributed by atoms with Crippen molar-refractivity contribution in [2.45, 2.75) is 71.9 Å². The van der Waals surface area contributed by atoms with Crippen LogP contribution >= 0.6 is 0 Å². The van der Waals surface area contributed by atoms with Gasteiger partial charge in [0, 0.05) is 12.6 Å². The number of likely N-dealkylation sites (tertiary alicyclic amines) is 1. The van der Waals surface area contributed by atoms with E-state index in [2.05, 4.69) is 12.2 Å². The van der Waals surface area contributed by atoms with Crippen molar-refractivity contribution in [3.05, 3.63) is 0 Å². The summed E-state index contributed by atoms with van der Waals surface area (Å²) in [5, 5.41) is 12.5. The minimum Gasteiger partial charge on any atom is -0.481 e. The summed E-state index contributed by atoms with van der Waals surface area (Å²) in [6.45, 7) is 9.17. The Morgan fingerprint density at radius 2 is 2.00 bits per heavy atom. The Labute approximate surface area is 128 Å². The summed E-state index contributed by atoms with van der Waals surface area (Å²) in [7, 11) is 0. The Balaban J connectivity index is 2.67. The molecule has 5 nitrogen and oxygen atoms in total. The average Bonchev–Trinajstić information content (AvgIpc) is 2.46. The van der Waals surface area contributed by atoms with Gasteiger partial charge in [0.2, 0.25) is 5.91 Å². The molecule has 0 aromatic rings. The lowest BCUT2D eigenvalue weighted by atomic mass is 9.77. The summed E-state index contributed by atoms with van der Waals surface area (Å²) >= 11 is 0. The molecule has 122 valence electrons. The van der Waals surface area contributed by atoms with E-state index in [0.717, 1.165) is 25.8 Å². The molecule has 0 radical (unpaired) electrons. The quantitative estimate of drug-likeness (QED) is 0.756. The van der Waals surface area contributed by atoms with Crippen molar-refractivity contribution in [1.29, 1.82) is 0 Å². The molecule has 1 amide bonds. The first kappa shape index (κ1) is 18.0. The molecule has 1 heterocycles. The van der Waals surface area contributed by atoms with Gasteiger partial charge in [-0.15, -0.1) is 0 Å². The molecule has 0 spiro atoms. The van der Waals surface area contributed by atoms with Gasteiger partial charge >= 0.3 is 5.97 Å². The maximum absolute atomic E-state index is 12.3. The lowest BCUT2D eigenvalue weighted by Crippen LogP contribution is -2.55. The SMILES string of the molecule is CCCC(C)NC(=O)C(C)N1CCCC(CC)(C(=O)O)C1. The number of nitrogens with zero attached hydrogens (tertiary/aromatic N) is 1. The van der Waals surface area contributed by atoms with E-state index in [4.69, 9.17) is 0 Å². The molecule has 0 saturated carbocycles. The highest BCUT2D eigenvalue weighted by Gasteiger charge is 2.42. The molecule has 2 N–H and O–H groups in total. The first-order valence-corrected chi connectivity index (χ1v) is 8.14. The van der Waals surface area contributed by atoms with Gasteiger partial charge in [0.05, 0.1) is 11.5 Å². The second kappa shape index (κ2) is 7.78. The number of carbonyl (C=O) groups is 2. The predicted octanol–water partition coefficient (Wildman–Crippen LogP) is 2.26. The van der Waals surface area contributed by atoms with Crippen molar-refractivity contribution in [3.63, 3.8) is 0 Å². The zero-order valence-corrected chi connectivity index (χ0v) is 13.8. The van der Waals surface area contributed by atoms with Crippen LogP contribution in [0.3, 0.4) is 0 Å². The highest BCUT2D eigenvalue weighted by molar-refractivity contribution is 5.82. The number of carbonyl (C=O) groups excluding carboxylic acids is 1. The van der Waals surface area contributed by atoms with E-state index in [9.17, 15) is 14.7 Å². The number of piperidine rings is 1. The van der Waals surface area contributed by atoms with Gasteiger partial charge < -0.3 is 10.4 Å². The third-order valence-electron chi connectivity index (χ3n) is 4.77. The molecule has 1 rings (SSSR count). The van der Waals surface area contributed by atoms with Gasteiger partial charge in [-0.05, 0) is 46.1 Å². The third-order valence-corrected chi connectivity index (χ3v) is 4.77. The Bertz CT molecular complexity index is 373. The Morgan fingerprint density at radius 3 is 2.52 bits per heavy atom. The van der Waals surface area contributed by atoms with Crippen LogP contribution in [-0.2, 0) is 9.59 Å². The Hall–Kier alpha value is -1.10. The van der Waals surface area contributed by atoms with E-state index in [-0.39, 0.29) is 18.0 Å². The van der Waals surface area contributed by atoms with E-state index in [0.29, 0.717) is 19.4 Å². The maximum atomic E-state index is 12.3. The van der Waals surface area contributed by atoms with E-state index in [1.54, 1.807) is 0 Å². The van der Waals surface area contributed by atoms with Crippen LogP contribution in [0.4, 0.5) is 0 Å². The van der Waals surface area contributed by atoms with Crippen molar-refractivity contribution in [2.75, 3.05) is 13.1 Å². The maximum Gasteiger partial charge on any atom is 0.310 e. The van der Waals surface area contributed by atoms with Crippen LogP contribution in [0.5, 0.6) is 0 Å². The molecule has 1 aliphatic heterocycles. The standard InChI is InChI=1S/C16H30N2O3/c1-5-8-12(3)17-14(19)13(4)18-10-7-9-16(6-2,11-18)15(20)21/h12-13H,5-11H2,1-4H3,(H,17,19)(H,20,21). The molecular weight excluding hydrogens is 268 g/mol. The number of rotatable bonds is 7. The van der Waals surface area contributed by atoms with Gasteiger partial charge in [0.25, 0.3) is 0 Å². The molecule has 5 heteroatoms. The van der Waals surface area contributed by atoms with E-state index in [1.165, 1.54) is 0 Å². The van der Waals surface area contributed by atoms with E-state index in [1.807, 2.05) is 25.7 Å². The summed E-state index contributed by atoms with van der Waals surface area (Å²) in [4.78, 5) is 25.9. The molecule has 21 heavy (non-hydrogen) atoms. The largest absolute Gasteiger partial charge is 0.481 e. The second-order valence-corrected chi connectivity index (χ2v) is 6.39. The minimum atomic E-state index is -0.735. The van der Waals surface area contributed by atoms with Crippen LogP contribution in [0.1, 0.15) is 59.8 Å². The smallest absolute Gasteiger partial charge is 0.310 e. The molecule has 0 aliphatic carbocycles. The third kappa shape index (κ3) is 4.43. The highest BCUT2D eigenvalue weighted by atomic mass is 16.4. The molecule has 1 saturated heterocycles. The fraction of sp³-hybridized carbons (Fsp3) is 0.875. The zero-order chi connectivity index (χ0) is 16.0. The number of carboxylic acid groups (broad SMARTS) is 1. The number of amides is 1. The summed E-state index contributed by atoms with van der Waals surface area (Å²) in [5.74, 6) is -0.727. The zero-order valence-electron chi connectivity index (χ0n) is 13.8. The van der Waals surface area contributed by atoms with E-state index >= 15 is 0 Å². The monoisotopic (exact) mass is 298 g/mol. The van der Waals surface area contributed by atoms with Crippen LogP contribution in [0, 0.1) is 5.41 Å². The molecule has 0 bridgehead atoms.